The molecule has 0 saturated heterocycles. The monoisotopic (exact) mass is 510 g/mol. The summed E-state index contributed by atoms with van der Waals surface area (Å²) in [6, 6.07) is 0.583. The number of phenols is 1. The number of aliphatic carboxylic acids is 2. The van der Waals surface area contributed by atoms with E-state index in [4.69, 9.17) is 10.8 Å². The lowest BCUT2D eigenvalue weighted by molar-refractivity contribution is -0.144. The zero-order valence-corrected chi connectivity index (χ0v) is 20.3. The van der Waals surface area contributed by atoms with Crippen LogP contribution >= 0.6 is 0 Å². The summed E-state index contributed by atoms with van der Waals surface area (Å²) < 4.78 is 0. The van der Waals surface area contributed by atoms with Gasteiger partial charge in [-0.2, -0.15) is 0 Å². The third-order valence-electron chi connectivity index (χ3n) is 5.30. The van der Waals surface area contributed by atoms with E-state index in [1.165, 1.54) is 19.1 Å². The summed E-state index contributed by atoms with van der Waals surface area (Å²) in [4.78, 5) is 60.5. The van der Waals surface area contributed by atoms with Crippen LogP contribution in [0.15, 0.2) is 24.3 Å². The molecule has 5 atom stereocenters. The van der Waals surface area contributed by atoms with E-state index in [-0.39, 0.29) is 18.6 Å². The van der Waals surface area contributed by atoms with E-state index >= 15 is 0 Å². The average Bonchev–Trinajstić information content (AvgIpc) is 2.78. The Labute approximate surface area is 208 Å². The Balaban J connectivity index is 2.95. The van der Waals surface area contributed by atoms with Gasteiger partial charge >= 0.3 is 11.9 Å². The number of aromatic hydroxyl groups is 1. The topological polar surface area (TPSA) is 228 Å². The van der Waals surface area contributed by atoms with Crippen LogP contribution in [0.1, 0.15) is 39.2 Å². The summed E-state index contributed by atoms with van der Waals surface area (Å²) in [6.45, 7) is 4.34. The predicted molar refractivity (Wildman–Crippen MR) is 127 cm³/mol. The van der Waals surface area contributed by atoms with Gasteiger partial charge in [0.25, 0.3) is 0 Å². The maximum Gasteiger partial charge on any atom is 0.326 e. The molecule has 1 aromatic rings. The third kappa shape index (κ3) is 9.88. The molecule has 1 aromatic carbocycles. The standard InChI is InChI=1S/C23H34N4O9/c1-11(2)18(23(35)36)26-21(33)16(8-9-17(30)31)25-22(34)19(12(3)28)27-20(32)15(24)10-13-4-6-14(29)7-5-13/h4-7,11-12,15-16,18-19,28-29H,8-10,24H2,1-3H3,(H,25,34)(H,26,33)(H,27,32)(H,30,31)(H,35,36). The Bertz CT molecular complexity index is 934. The van der Waals surface area contributed by atoms with Crippen molar-refractivity contribution in [3.05, 3.63) is 29.8 Å². The fraction of sp³-hybridized carbons (Fsp3) is 0.522. The second-order valence-electron chi connectivity index (χ2n) is 8.77. The van der Waals surface area contributed by atoms with E-state index in [9.17, 15) is 39.3 Å². The Morgan fingerprint density at radius 2 is 1.42 bits per heavy atom. The molecule has 0 aliphatic heterocycles. The highest BCUT2D eigenvalue weighted by Gasteiger charge is 2.33. The Hall–Kier alpha value is -3.71. The van der Waals surface area contributed by atoms with E-state index in [0.29, 0.717) is 5.56 Å². The molecule has 13 nitrogen and oxygen atoms in total. The first kappa shape index (κ1) is 30.3. The molecule has 0 aliphatic carbocycles. The van der Waals surface area contributed by atoms with Crippen molar-refractivity contribution in [2.45, 2.75) is 70.3 Å². The van der Waals surface area contributed by atoms with Crippen molar-refractivity contribution in [1.29, 1.82) is 0 Å². The maximum atomic E-state index is 12.9. The number of carboxylic acid groups (broad SMARTS) is 2. The first-order valence-corrected chi connectivity index (χ1v) is 11.3. The number of benzene rings is 1. The highest BCUT2D eigenvalue weighted by atomic mass is 16.4. The molecule has 200 valence electrons. The quantitative estimate of drug-likeness (QED) is 0.147. The fourth-order valence-electron chi connectivity index (χ4n) is 3.21. The van der Waals surface area contributed by atoms with Gasteiger partial charge in [0.1, 0.15) is 23.9 Å². The molecule has 5 unspecified atom stereocenters. The molecule has 0 bridgehead atoms. The highest BCUT2D eigenvalue weighted by Crippen LogP contribution is 2.11. The lowest BCUT2D eigenvalue weighted by atomic mass is 10.0. The number of rotatable bonds is 14. The highest BCUT2D eigenvalue weighted by molar-refractivity contribution is 5.94. The summed E-state index contributed by atoms with van der Waals surface area (Å²) in [5.74, 6) is -5.71. The van der Waals surface area contributed by atoms with Gasteiger partial charge in [-0.3, -0.25) is 19.2 Å². The molecule has 13 heteroatoms. The van der Waals surface area contributed by atoms with Gasteiger partial charge in [-0.25, -0.2) is 4.79 Å². The molecular weight excluding hydrogens is 476 g/mol. The molecule has 0 spiro atoms. The average molecular weight is 511 g/mol. The van der Waals surface area contributed by atoms with E-state index in [1.54, 1.807) is 26.0 Å². The van der Waals surface area contributed by atoms with Crippen LogP contribution in [0, 0.1) is 5.92 Å². The fourth-order valence-corrected chi connectivity index (χ4v) is 3.21. The summed E-state index contributed by atoms with van der Waals surface area (Å²) in [5, 5.41) is 44.6. The molecule has 0 saturated carbocycles. The van der Waals surface area contributed by atoms with Gasteiger partial charge in [-0.05, 0) is 43.4 Å². The zero-order chi connectivity index (χ0) is 27.6. The molecule has 0 aromatic heterocycles. The normalized spacial score (nSPS) is 15.2. The van der Waals surface area contributed by atoms with Crippen molar-refractivity contribution in [3.8, 4) is 5.75 Å². The van der Waals surface area contributed by atoms with Gasteiger partial charge in [0.2, 0.25) is 17.7 Å². The Kier molecular flexibility index (Phi) is 11.8. The van der Waals surface area contributed by atoms with E-state index in [2.05, 4.69) is 16.0 Å². The number of nitrogens with two attached hydrogens (primary N) is 1. The van der Waals surface area contributed by atoms with Gasteiger partial charge in [0, 0.05) is 6.42 Å². The number of carbonyl (C=O) groups is 5. The minimum absolute atomic E-state index is 0.0344. The van der Waals surface area contributed by atoms with Crippen molar-refractivity contribution in [1.82, 2.24) is 16.0 Å². The Morgan fingerprint density at radius 3 is 1.89 bits per heavy atom. The van der Waals surface area contributed by atoms with Crippen molar-refractivity contribution in [2.75, 3.05) is 0 Å². The molecule has 9 N–H and O–H groups in total. The molecule has 36 heavy (non-hydrogen) atoms. The van der Waals surface area contributed by atoms with Crippen LogP contribution in [0.2, 0.25) is 0 Å². The van der Waals surface area contributed by atoms with E-state index < -0.39 is 72.3 Å². The van der Waals surface area contributed by atoms with Gasteiger partial charge in [0.05, 0.1) is 12.1 Å². The number of aliphatic hydroxyl groups is 1. The smallest absolute Gasteiger partial charge is 0.326 e. The van der Waals surface area contributed by atoms with E-state index in [1.807, 2.05) is 0 Å². The van der Waals surface area contributed by atoms with Crippen LogP contribution < -0.4 is 21.7 Å². The molecule has 0 fully saturated rings. The molecule has 0 radical (unpaired) electrons. The largest absolute Gasteiger partial charge is 0.508 e. The number of nitrogens with one attached hydrogen (secondary N) is 3. The first-order valence-electron chi connectivity index (χ1n) is 11.3. The molecule has 0 aliphatic rings. The molecule has 3 amide bonds. The lowest BCUT2D eigenvalue weighted by Crippen LogP contribution is -2.60. The summed E-state index contributed by atoms with van der Waals surface area (Å²) in [5.41, 5.74) is 6.54. The van der Waals surface area contributed by atoms with Gasteiger partial charge < -0.3 is 42.1 Å². The van der Waals surface area contributed by atoms with Crippen molar-refractivity contribution in [2.24, 2.45) is 11.7 Å². The second-order valence-corrected chi connectivity index (χ2v) is 8.77. The number of amides is 3. The first-order chi connectivity index (χ1) is 16.7. The van der Waals surface area contributed by atoms with Crippen LogP contribution in [0.3, 0.4) is 0 Å². The van der Waals surface area contributed by atoms with Gasteiger partial charge in [-0.1, -0.05) is 26.0 Å². The number of hydrogen-bond donors (Lipinski definition) is 8. The SMILES string of the molecule is CC(C)C(NC(=O)C(CCC(=O)O)NC(=O)C(NC(=O)C(N)Cc1ccc(O)cc1)C(C)O)C(=O)O. The van der Waals surface area contributed by atoms with Crippen LogP contribution in [0.5, 0.6) is 5.75 Å². The number of carbonyl (C=O) groups excluding carboxylic acids is 3. The summed E-state index contributed by atoms with van der Waals surface area (Å²) in [7, 11) is 0. The summed E-state index contributed by atoms with van der Waals surface area (Å²) >= 11 is 0. The van der Waals surface area contributed by atoms with Crippen molar-refractivity contribution in [3.63, 3.8) is 0 Å². The number of carboxylic acids is 2. The van der Waals surface area contributed by atoms with Gasteiger partial charge in [0.15, 0.2) is 0 Å². The number of hydrogen-bond acceptors (Lipinski definition) is 8. The maximum absolute atomic E-state index is 12.9. The molecule has 1 rings (SSSR count). The lowest BCUT2D eigenvalue weighted by Gasteiger charge is -2.27. The van der Waals surface area contributed by atoms with Crippen LogP contribution in [0.4, 0.5) is 0 Å². The van der Waals surface area contributed by atoms with Gasteiger partial charge in [-0.15, -0.1) is 0 Å². The molecule has 0 heterocycles. The summed E-state index contributed by atoms with van der Waals surface area (Å²) in [6.07, 6.45) is -2.23. The third-order valence-corrected chi connectivity index (χ3v) is 5.30. The molecular formula is C23H34N4O9. The number of aliphatic hydroxyl groups excluding tert-OH is 1. The second kappa shape index (κ2) is 14.0. The number of phenolic OH excluding ortho intramolecular Hbond substituents is 1. The minimum Gasteiger partial charge on any atom is -0.508 e. The van der Waals surface area contributed by atoms with Crippen LogP contribution in [-0.2, 0) is 30.4 Å². The predicted octanol–water partition coefficient (Wildman–Crippen LogP) is -1.30. The van der Waals surface area contributed by atoms with Crippen molar-refractivity contribution >= 4 is 29.7 Å². The zero-order valence-electron chi connectivity index (χ0n) is 20.3. The van der Waals surface area contributed by atoms with E-state index in [0.717, 1.165) is 0 Å². The minimum atomic E-state index is -1.54. The van der Waals surface area contributed by atoms with Crippen molar-refractivity contribution < 1.29 is 44.4 Å². The Morgan fingerprint density at radius 1 is 0.861 bits per heavy atom. The van der Waals surface area contributed by atoms with Crippen LogP contribution in [-0.4, -0.2) is 80.4 Å². The van der Waals surface area contributed by atoms with Crippen LogP contribution in [0.25, 0.3) is 0 Å².